The molecule has 0 unspecified atom stereocenters. The molecular weight excluding hydrogens is 430 g/mol. The Balaban J connectivity index is 1.16. The Morgan fingerprint density at radius 1 is 1.09 bits per heavy atom. The van der Waals surface area contributed by atoms with E-state index in [1.54, 1.807) is 12.3 Å². The van der Waals surface area contributed by atoms with E-state index in [9.17, 15) is 18.0 Å². The van der Waals surface area contributed by atoms with Gasteiger partial charge in [-0.05, 0) is 56.1 Å². The number of amides is 3. The number of hydrogen-bond donors (Lipinski definition) is 1. The average Bonchev–Trinajstić information content (AvgIpc) is 2.80. The van der Waals surface area contributed by atoms with E-state index >= 15 is 0 Å². The zero-order valence-electron chi connectivity index (χ0n) is 18.2. The van der Waals surface area contributed by atoms with Gasteiger partial charge >= 0.3 is 6.03 Å². The highest BCUT2D eigenvalue weighted by atomic mass is 32.2. The Hall–Kier alpha value is -2.20. The fraction of sp³-hybridized carbons (Fsp3) is 0.682. The highest BCUT2D eigenvalue weighted by molar-refractivity contribution is 7.89. The van der Waals surface area contributed by atoms with Gasteiger partial charge in [0.25, 0.3) is 0 Å². The number of urea groups is 1. The molecule has 9 nitrogen and oxygen atoms in total. The minimum Gasteiger partial charge on any atom is -0.339 e. The molecule has 3 atom stereocenters. The number of nitrogens with zero attached hydrogens (tertiary/aromatic N) is 4. The van der Waals surface area contributed by atoms with Gasteiger partial charge in [0, 0.05) is 63.6 Å². The number of carbonyl (C=O) groups is 2. The van der Waals surface area contributed by atoms with Crippen LogP contribution in [0, 0.1) is 11.8 Å². The lowest BCUT2D eigenvalue weighted by molar-refractivity contribution is -0.144. The van der Waals surface area contributed by atoms with Gasteiger partial charge in [-0.1, -0.05) is 0 Å². The fourth-order valence-electron chi connectivity index (χ4n) is 5.95. The van der Waals surface area contributed by atoms with E-state index in [1.165, 1.54) is 12.3 Å². The molecule has 0 spiro atoms. The number of aromatic nitrogens is 1. The molecule has 2 bridgehead atoms. The van der Waals surface area contributed by atoms with Gasteiger partial charge in [-0.2, -0.15) is 0 Å². The molecule has 32 heavy (non-hydrogen) atoms. The minimum atomic E-state index is -3.60. The predicted molar refractivity (Wildman–Crippen MR) is 117 cm³/mol. The Bertz CT molecular complexity index is 964. The van der Waals surface area contributed by atoms with Gasteiger partial charge < -0.3 is 14.7 Å². The Morgan fingerprint density at radius 2 is 1.91 bits per heavy atom. The summed E-state index contributed by atoms with van der Waals surface area (Å²) < 4.78 is 27.9. The second kappa shape index (κ2) is 8.62. The third kappa shape index (κ3) is 4.22. The van der Waals surface area contributed by atoms with Crippen molar-refractivity contribution in [3.05, 3.63) is 24.5 Å². The van der Waals surface area contributed by atoms with Crippen molar-refractivity contribution in [2.45, 2.75) is 55.5 Å². The van der Waals surface area contributed by atoms with Crippen LogP contribution in [0.3, 0.4) is 0 Å². The summed E-state index contributed by atoms with van der Waals surface area (Å²) in [4.78, 5) is 35.5. The molecule has 174 valence electrons. The highest BCUT2D eigenvalue weighted by Gasteiger charge is 2.45. The van der Waals surface area contributed by atoms with E-state index in [4.69, 9.17) is 0 Å². The summed E-state index contributed by atoms with van der Waals surface area (Å²) in [5.74, 6) is 1.02. The highest BCUT2D eigenvalue weighted by Crippen LogP contribution is 2.38. The molecule has 4 aliphatic heterocycles. The van der Waals surface area contributed by atoms with Crippen LogP contribution >= 0.6 is 0 Å². The van der Waals surface area contributed by atoms with Crippen LogP contribution in [-0.4, -0.2) is 84.8 Å². The lowest BCUT2D eigenvalue weighted by Crippen LogP contribution is -2.62. The Kier molecular flexibility index (Phi) is 5.83. The van der Waals surface area contributed by atoms with Crippen molar-refractivity contribution < 1.29 is 18.0 Å². The first-order valence-corrected chi connectivity index (χ1v) is 13.1. The summed E-state index contributed by atoms with van der Waals surface area (Å²) in [5.41, 5.74) is 0. The van der Waals surface area contributed by atoms with Crippen molar-refractivity contribution in [2.75, 3.05) is 32.7 Å². The number of rotatable bonds is 3. The van der Waals surface area contributed by atoms with Gasteiger partial charge in [-0.3, -0.25) is 9.78 Å². The number of carbonyl (C=O) groups excluding carboxylic acids is 2. The van der Waals surface area contributed by atoms with Crippen LogP contribution in [0.15, 0.2) is 29.4 Å². The molecule has 5 heterocycles. The number of fused-ring (bicyclic) bond motifs is 4. The van der Waals surface area contributed by atoms with Crippen LogP contribution in [0.4, 0.5) is 4.79 Å². The van der Waals surface area contributed by atoms with Gasteiger partial charge in [-0.25, -0.2) is 17.9 Å². The maximum atomic E-state index is 13.2. The van der Waals surface area contributed by atoms with Gasteiger partial charge in [0.15, 0.2) is 0 Å². The molecular formula is C22H31N5O4S. The number of piperidine rings is 4. The molecule has 3 amide bonds. The van der Waals surface area contributed by atoms with Crippen molar-refractivity contribution in [3.8, 4) is 0 Å². The molecule has 0 aromatic carbocycles. The van der Waals surface area contributed by atoms with Gasteiger partial charge in [0.05, 0.1) is 0 Å². The summed E-state index contributed by atoms with van der Waals surface area (Å²) >= 11 is 0. The molecule has 1 aromatic rings. The van der Waals surface area contributed by atoms with Crippen molar-refractivity contribution in [2.24, 2.45) is 11.8 Å². The number of sulfonamides is 1. The monoisotopic (exact) mass is 461 g/mol. The van der Waals surface area contributed by atoms with Crippen molar-refractivity contribution >= 4 is 22.0 Å². The summed E-state index contributed by atoms with van der Waals surface area (Å²) in [6.45, 7) is 3.29. The molecule has 1 N–H and O–H groups in total. The van der Waals surface area contributed by atoms with Gasteiger partial charge in [0.2, 0.25) is 15.9 Å². The number of pyridine rings is 1. The predicted octanol–water partition coefficient (Wildman–Crippen LogP) is 1.28. The summed E-state index contributed by atoms with van der Waals surface area (Å²) in [7, 11) is -3.60. The maximum Gasteiger partial charge on any atom is 0.320 e. The molecule has 4 aliphatic rings. The lowest BCUT2D eigenvalue weighted by atomic mass is 9.76. The lowest BCUT2D eigenvalue weighted by Gasteiger charge is -2.53. The maximum absolute atomic E-state index is 13.2. The van der Waals surface area contributed by atoms with E-state index in [-0.39, 0.29) is 28.9 Å². The molecule has 4 saturated heterocycles. The second-order valence-electron chi connectivity index (χ2n) is 9.63. The number of nitrogens with one attached hydrogen (secondary N) is 1. The fourth-order valence-corrected chi connectivity index (χ4v) is 7.22. The summed E-state index contributed by atoms with van der Waals surface area (Å²) in [6.07, 6.45) is 7.85. The Labute approximate surface area is 189 Å². The molecule has 5 rings (SSSR count). The van der Waals surface area contributed by atoms with Gasteiger partial charge in [-0.15, -0.1) is 0 Å². The standard InChI is InChI=1S/C22H31N5O4S/c28-21-5-1-4-20-17-11-16(14-27(20)21)13-26(15-17)22(29)25-9-6-18(7-10-25)24-32(30,31)19-3-2-8-23-12-19/h2-3,8,12,16-18,20,24H,1,4-7,9-11,13-15H2/t16-,17-,20-/m1/s1. The van der Waals surface area contributed by atoms with E-state index in [1.807, 2.05) is 9.80 Å². The first kappa shape index (κ1) is 21.6. The largest absolute Gasteiger partial charge is 0.339 e. The topological polar surface area (TPSA) is 103 Å². The van der Waals surface area contributed by atoms with E-state index in [0.29, 0.717) is 50.7 Å². The quantitative estimate of drug-likeness (QED) is 0.730. The normalized spacial score (nSPS) is 29.1. The van der Waals surface area contributed by atoms with Crippen molar-refractivity contribution in [1.29, 1.82) is 0 Å². The molecule has 4 fully saturated rings. The molecule has 1 aromatic heterocycles. The third-order valence-corrected chi connectivity index (χ3v) is 8.99. The van der Waals surface area contributed by atoms with Crippen LogP contribution in [0.25, 0.3) is 0 Å². The van der Waals surface area contributed by atoms with Crippen LogP contribution in [-0.2, 0) is 14.8 Å². The van der Waals surface area contributed by atoms with Crippen LogP contribution in [0.5, 0.6) is 0 Å². The molecule has 0 radical (unpaired) electrons. The minimum absolute atomic E-state index is 0.0591. The van der Waals surface area contributed by atoms with Crippen LogP contribution in [0.1, 0.15) is 38.5 Å². The zero-order chi connectivity index (χ0) is 22.3. The second-order valence-corrected chi connectivity index (χ2v) is 11.3. The average molecular weight is 462 g/mol. The third-order valence-electron chi connectivity index (χ3n) is 7.48. The summed E-state index contributed by atoms with van der Waals surface area (Å²) in [6, 6.07) is 3.29. The number of hydrogen-bond acceptors (Lipinski definition) is 5. The SMILES string of the molecule is O=C(N1CCC(NS(=O)(=O)c2cccnc2)CC1)N1C[C@H]2C[C@H](C1)[C@H]1CCCC(=O)N1C2. The van der Waals surface area contributed by atoms with Crippen molar-refractivity contribution in [3.63, 3.8) is 0 Å². The summed E-state index contributed by atoms with van der Waals surface area (Å²) in [5, 5.41) is 0. The van der Waals surface area contributed by atoms with Crippen molar-refractivity contribution in [1.82, 2.24) is 24.4 Å². The zero-order valence-corrected chi connectivity index (χ0v) is 19.0. The van der Waals surface area contributed by atoms with E-state index in [2.05, 4.69) is 14.6 Å². The van der Waals surface area contributed by atoms with Gasteiger partial charge in [0.1, 0.15) is 4.90 Å². The van der Waals surface area contributed by atoms with Crippen LogP contribution in [0.2, 0.25) is 0 Å². The first-order valence-electron chi connectivity index (χ1n) is 11.7. The first-order chi connectivity index (χ1) is 15.4. The number of likely N-dealkylation sites (tertiary alicyclic amines) is 2. The van der Waals surface area contributed by atoms with E-state index < -0.39 is 10.0 Å². The molecule has 0 saturated carbocycles. The van der Waals surface area contributed by atoms with Crippen LogP contribution < -0.4 is 4.72 Å². The Morgan fingerprint density at radius 3 is 2.66 bits per heavy atom. The molecule has 0 aliphatic carbocycles. The van der Waals surface area contributed by atoms with E-state index in [0.717, 1.165) is 32.4 Å². The smallest absolute Gasteiger partial charge is 0.320 e. The molecule has 10 heteroatoms.